The van der Waals surface area contributed by atoms with Gasteiger partial charge in [-0.25, -0.2) is 4.98 Å². The summed E-state index contributed by atoms with van der Waals surface area (Å²) in [6.07, 6.45) is 5.86. The van der Waals surface area contributed by atoms with Crippen molar-refractivity contribution in [2.45, 2.75) is 31.8 Å². The number of rotatable bonds is 4. The quantitative estimate of drug-likeness (QED) is 0.806. The third kappa shape index (κ3) is 4.50. The summed E-state index contributed by atoms with van der Waals surface area (Å²) in [5.74, 6) is 1.91. The van der Waals surface area contributed by atoms with Crippen molar-refractivity contribution in [1.82, 2.24) is 19.8 Å². The molecule has 0 aliphatic carbocycles. The normalized spacial score (nSPS) is 24.5. The molecule has 0 saturated carbocycles. The van der Waals surface area contributed by atoms with E-state index in [0.29, 0.717) is 13.1 Å². The maximum Gasteiger partial charge on any atom is 0.236 e. The van der Waals surface area contributed by atoms with E-state index in [1.807, 2.05) is 11.0 Å². The minimum Gasteiger partial charge on any atom is -0.391 e. The van der Waals surface area contributed by atoms with Crippen molar-refractivity contribution in [3.05, 3.63) is 12.3 Å². The number of likely N-dealkylation sites (tertiary alicyclic amines) is 1. The van der Waals surface area contributed by atoms with Crippen LogP contribution < -0.4 is 9.80 Å². The van der Waals surface area contributed by atoms with Gasteiger partial charge in [0.25, 0.3) is 0 Å². The van der Waals surface area contributed by atoms with Crippen molar-refractivity contribution in [2.75, 3.05) is 68.7 Å². The van der Waals surface area contributed by atoms with E-state index in [0.717, 1.165) is 76.8 Å². The number of aliphatic hydroxyl groups is 1. The molecule has 8 nitrogen and oxygen atoms in total. The number of carbonyl (C=O) groups excluding carboxylic acids is 1. The van der Waals surface area contributed by atoms with Gasteiger partial charge >= 0.3 is 0 Å². The van der Waals surface area contributed by atoms with Gasteiger partial charge in [0.15, 0.2) is 0 Å². The predicted molar refractivity (Wildman–Crippen MR) is 104 cm³/mol. The van der Waals surface area contributed by atoms with Gasteiger partial charge in [-0.1, -0.05) is 0 Å². The molecule has 8 heteroatoms. The second-order valence-electron chi connectivity index (χ2n) is 7.81. The zero-order chi connectivity index (χ0) is 18.6. The average Bonchev–Trinajstić information content (AvgIpc) is 3.16. The zero-order valence-electron chi connectivity index (χ0n) is 16.0. The molecule has 1 amide bonds. The average molecular weight is 374 g/mol. The molecule has 0 radical (unpaired) electrons. The van der Waals surface area contributed by atoms with Gasteiger partial charge in [0.05, 0.1) is 12.6 Å². The molecule has 3 saturated heterocycles. The van der Waals surface area contributed by atoms with Crippen molar-refractivity contribution < 1.29 is 9.90 Å². The largest absolute Gasteiger partial charge is 0.391 e. The fourth-order valence-corrected chi connectivity index (χ4v) is 4.16. The SMILES string of the molecule is O=C(CN1CCN(c2nccc(N3CC[C@H](O)C3)n2)CC1)N1CCCCC1. The van der Waals surface area contributed by atoms with Crippen molar-refractivity contribution in [1.29, 1.82) is 0 Å². The number of aromatic nitrogens is 2. The zero-order valence-corrected chi connectivity index (χ0v) is 16.0. The highest BCUT2D eigenvalue weighted by atomic mass is 16.3. The van der Waals surface area contributed by atoms with Crippen molar-refractivity contribution in [2.24, 2.45) is 0 Å². The third-order valence-electron chi connectivity index (χ3n) is 5.84. The van der Waals surface area contributed by atoms with E-state index in [4.69, 9.17) is 4.98 Å². The first-order valence-electron chi connectivity index (χ1n) is 10.2. The topological polar surface area (TPSA) is 76.0 Å². The number of piperidine rings is 1. The molecule has 1 aromatic heterocycles. The van der Waals surface area contributed by atoms with Crippen LogP contribution in [0.3, 0.4) is 0 Å². The Morgan fingerprint density at radius 1 is 1.04 bits per heavy atom. The minimum atomic E-state index is -0.260. The van der Waals surface area contributed by atoms with E-state index in [2.05, 4.69) is 19.7 Å². The van der Waals surface area contributed by atoms with Gasteiger partial charge in [-0.15, -0.1) is 0 Å². The summed E-state index contributed by atoms with van der Waals surface area (Å²) in [6.45, 7) is 7.23. The molecule has 0 aromatic carbocycles. The van der Waals surface area contributed by atoms with E-state index in [1.54, 1.807) is 6.20 Å². The van der Waals surface area contributed by atoms with Gasteiger partial charge in [0.2, 0.25) is 11.9 Å². The Labute approximate surface area is 160 Å². The lowest BCUT2D eigenvalue weighted by molar-refractivity contribution is -0.133. The third-order valence-corrected chi connectivity index (χ3v) is 5.84. The predicted octanol–water partition coefficient (Wildman–Crippen LogP) is 0.182. The second kappa shape index (κ2) is 8.39. The van der Waals surface area contributed by atoms with Gasteiger partial charge in [-0.3, -0.25) is 9.69 Å². The van der Waals surface area contributed by atoms with E-state index >= 15 is 0 Å². The Balaban J connectivity index is 1.29. The summed E-state index contributed by atoms with van der Waals surface area (Å²) in [7, 11) is 0. The molecule has 27 heavy (non-hydrogen) atoms. The van der Waals surface area contributed by atoms with Crippen LogP contribution in [0.4, 0.5) is 11.8 Å². The molecule has 1 atom stereocenters. The molecule has 1 N–H and O–H groups in total. The van der Waals surface area contributed by atoms with Crippen LogP contribution in [-0.2, 0) is 4.79 Å². The number of amides is 1. The van der Waals surface area contributed by atoms with E-state index in [-0.39, 0.29) is 12.0 Å². The summed E-state index contributed by atoms with van der Waals surface area (Å²) >= 11 is 0. The van der Waals surface area contributed by atoms with Crippen LogP contribution in [0.5, 0.6) is 0 Å². The molecule has 0 spiro atoms. The van der Waals surface area contributed by atoms with Crippen LogP contribution in [-0.4, -0.2) is 95.8 Å². The molecule has 3 fully saturated rings. The summed E-state index contributed by atoms with van der Waals surface area (Å²) in [5, 5.41) is 9.74. The second-order valence-corrected chi connectivity index (χ2v) is 7.81. The highest BCUT2D eigenvalue weighted by Crippen LogP contribution is 2.20. The van der Waals surface area contributed by atoms with Crippen LogP contribution in [0, 0.1) is 0 Å². The number of β-amino-alcohol motifs (C(OH)–C–C–N with tert-alkyl or cyclic N) is 1. The number of carbonyl (C=O) groups is 1. The summed E-state index contributed by atoms with van der Waals surface area (Å²) < 4.78 is 0. The fraction of sp³-hybridized carbons (Fsp3) is 0.737. The highest BCUT2D eigenvalue weighted by molar-refractivity contribution is 5.78. The first-order chi connectivity index (χ1) is 13.2. The van der Waals surface area contributed by atoms with Gasteiger partial charge < -0.3 is 19.8 Å². The summed E-state index contributed by atoms with van der Waals surface area (Å²) in [5.41, 5.74) is 0. The molecule has 0 unspecified atom stereocenters. The Bertz CT molecular complexity index is 643. The fourth-order valence-electron chi connectivity index (χ4n) is 4.16. The van der Waals surface area contributed by atoms with Gasteiger partial charge in [-0.05, 0) is 31.7 Å². The first-order valence-corrected chi connectivity index (χ1v) is 10.2. The Morgan fingerprint density at radius 2 is 1.81 bits per heavy atom. The van der Waals surface area contributed by atoms with Crippen LogP contribution in [0.1, 0.15) is 25.7 Å². The van der Waals surface area contributed by atoms with Crippen LogP contribution >= 0.6 is 0 Å². The first kappa shape index (κ1) is 18.4. The van der Waals surface area contributed by atoms with E-state index < -0.39 is 0 Å². The number of piperazine rings is 1. The lowest BCUT2D eigenvalue weighted by atomic mass is 10.1. The Morgan fingerprint density at radius 3 is 2.52 bits per heavy atom. The maximum absolute atomic E-state index is 12.5. The van der Waals surface area contributed by atoms with E-state index in [9.17, 15) is 9.90 Å². The van der Waals surface area contributed by atoms with Gasteiger partial charge in [0.1, 0.15) is 5.82 Å². The van der Waals surface area contributed by atoms with E-state index in [1.165, 1.54) is 6.42 Å². The highest BCUT2D eigenvalue weighted by Gasteiger charge is 2.25. The number of anilines is 2. The standard InChI is InChI=1S/C19H30N6O2/c26-16-5-9-25(14-16)17-4-6-20-19(21-17)24-12-10-22(11-13-24)15-18(27)23-7-2-1-3-8-23/h4,6,16,26H,1-3,5,7-15H2/t16-/m0/s1. The lowest BCUT2D eigenvalue weighted by Crippen LogP contribution is -2.51. The summed E-state index contributed by atoms with van der Waals surface area (Å²) in [4.78, 5) is 30.2. The van der Waals surface area contributed by atoms with Crippen LogP contribution in [0.15, 0.2) is 12.3 Å². The Kier molecular flexibility index (Phi) is 5.73. The molecule has 3 aliphatic heterocycles. The molecule has 3 aliphatic rings. The van der Waals surface area contributed by atoms with Gasteiger partial charge in [-0.2, -0.15) is 4.98 Å². The number of hydrogen-bond acceptors (Lipinski definition) is 7. The summed E-state index contributed by atoms with van der Waals surface area (Å²) in [6, 6.07) is 1.91. The lowest BCUT2D eigenvalue weighted by Gasteiger charge is -2.36. The van der Waals surface area contributed by atoms with Crippen molar-refractivity contribution >= 4 is 17.7 Å². The minimum absolute atomic E-state index is 0.260. The van der Waals surface area contributed by atoms with Gasteiger partial charge in [0, 0.05) is 58.6 Å². The van der Waals surface area contributed by atoms with Crippen molar-refractivity contribution in [3.8, 4) is 0 Å². The molecule has 148 valence electrons. The smallest absolute Gasteiger partial charge is 0.236 e. The molecule has 0 bridgehead atoms. The molecular weight excluding hydrogens is 344 g/mol. The Hall–Kier alpha value is -1.93. The number of aliphatic hydroxyl groups excluding tert-OH is 1. The molecule has 1 aromatic rings. The molecule has 4 rings (SSSR count). The molecule has 4 heterocycles. The number of nitrogens with zero attached hydrogens (tertiary/aromatic N) is 6. The van der Waals surface area contributed by atoms with Crippen molar-refractivity contribution in [3.63, 3.8) is 0 Å². The van der Waals surface area contributed by atoms with Crippen LogP contribution in [0.25, 0.3) is 0 Å². The van der Waals surface area contributed by atoms with Crippen LogP contribution in [0.2, 0.25) is 0 Å². The maximum atomic E-state index is 12.5. The monoisotopic (exact) mass is 374 g/mol. The number of hydrogen-bond donors (Lipinski definition) is 1. The molecular formula is C19H30N6O2.